The number of carbonyl (C=O) groups excluding carboxylic acids is 1. The quantitative estimate of drug-likeness (QED) is 0.500. The van der Waals surface area contributed by atoms with Crippen LogP contribution in [0.25, 0.3) is 10.6 Å². The predicted molar refractivity (Wildman–Crippen MR) is 120 cm³/mol. The Morgan fingerprint density at radius 2 is 1.94 bits per heavy atom. The molecule has 1 amide bonds. The predicted octanol–water partition coefficient (Wildman–Crippen LogP) is 4.57. The molecule has 176 valence electrons. The molecular formula is C23H20F3N5O2S. The summed E-state index contributed by atoms with van der Waals surface area (Å²) < 4.78 is 47.1. The van der Waals surface area contributed by atoms with Crippen LogP contribution in [-0.2, 0) is 19.3 Å². The second-order valence-corrected chi connectivity index (χ2v) is 9.60. The number of rotatable bonds is 4. The van der Waals surface area contributed by atoms with E-state index in [4.69, 9.17) is 4.74 Å². The number of anilines is 2. The van der Waals surface area contributed by atoms with Gasteiger partial charge >= 0.3 is 6.18 Å². The van der Waals surface area contributed by atoms with Crippen molar-refractivity contribution in [3.63, 3.8) is 0 Å². The highest BCUT2D eigenvalue weighted by Gasteiger charge is 2.37. The number of hydrogen-bond donors (Lipinski definition) is 3. The zero-order chi connectivity index (χ0) is 23.4. The molecule has 4 heterocycles. The maximum Gasteiger partial charge on any atom is 0.420 e. The van der Waals surface area contributed by atoms with Gasteiger partial charge in [-0.2, -0.15) is 13.2 Å². The maximum atomic E-state index is 13.8. The molecule has 0 radical (unpaired) electrons. The van der Waals surface area contributed by atoms with E-state index >= 15 is 0 Å². The van der Waals surface area contributed by atoms with E-state index in [2.05, 4.69) is 32.0 Å². The van der Waals surface area contributed by atoms with Crippen molar-refractivity contribution >= 4 is 28.9 Å². The van der Waals surface area contributed by atoms with E-state index in [0.29, 0.717) is 12.5 Å². The van der Waals surface area contributed by atoms with E-state index in [1.54, 1.807) is 0 Å². The Morgan fingerprint density at radius 3 is 2.71 bits per heavy atom. The molecule has 0 unspecified atom stereocenters. The number of aromatic nitrogens is 2. The number of carbonyl (C=O) groups is 1. The summed E-state index contributed by atoms with van der Waals surface area (Å²) in [6.07, 6.45) is -1.69. The third-order valence-corrected chi connectivity index (χ3v) is 7.21. The summed E-state index contributed by atoms with van der Waals surface area (Å²) in [4.78, 5) is 20.7. The molecule has 3 N–H and O–H groups in total. The molecule has 0 spiro atoms. The lowest BCUT2D eigenvalue weighted by Gasteiger charge is -2.15. The van der Waals surface area contributed by atoms with E-state index in [-0.39, 0.29) is 39.7 Å². The number of benzene rings is 1. The van der Waals surface area contributed by atoms with Gasteiger partial charge in [0.05, 0.1) is 22.7 Å². The Morgan fingerprint density at radius 1 is 1.15 bits per heavy atom. The van der Waals surface area contributed by atoms with Gasteiger partial charge < -0.3 is 20.7 Å². The van der Waals surface area contributed by atoms with Crippen molar-refractivity contribution in [2.24, 2.45) is 0 Å². The van der Waals surface area contributed by atoms with E-state index in [9.17, 15) is 18.0 Å². The summed E-state index contributed by atoms with van der Waals surface area (Å²) in [5.74, 6) is 0.132. The minimum absolute atomic E-state index is 0.0739. The summed E-state index contributed by atoms with van der Waals surface area (Å²) in [6, 6.07) is 5.61. The van der Waals surface area contributed by atoms with Crippen molar-refractivity contribution in [1.82, 2.24) is 20.6 Å². The Bertz CT molecular complexity index is 1300. The second kappa shape index (κ2) is 7.95. The Balaban J connectivity index is 1.41. The lowest BCUT2D eigenvalue weighted by Crippen LogP contribution is -2.24. The first-order valence-corrected chi connectivity index (χ1v) is 11.8. The van der Waals surface area contributed by atoms with Gasteiger partial charge in [-0.15, -0.1) is 0 Å². The van der Waals surface area contributed by atoms with Crippen LogP contribution in [0.4, 0.5) is 24.8 Å². The van der Waals surface area contributed by atoms with E-state index in [1.165, 1.54) is 11.6 Å². The molecule has 11 heteroatoms. The van der Waals surface area contributed by atoms with Gasteiger partial charge in [0.25, 0.3) is 5.91 Å². The second-order valence-electron chi connectivity index (χ2n) is 8.58. The Kier molecular flexibility index (Phi) is 4.99. The lowest BCUT2D eigenvalue weighted by molar-refractivity contribution is -0.137. The van der Waals surface area contributed by atoms with Crippen molar-refractivity contribution in [2.45, 2.75) is 38.0 Å². The van der Waals surface area contributed by atoms with Crippen molar-refractivity contribution in [3.05, 3.63) is 52.2 Å². The fourth-order valence-electron chi connectivity index (χ4n) is 4.33. The fraction of sp³-hybridized carbons (Fsp3) is 0.348. The molecule has 1 saturated carbocycles. The standard InChI is InChI=1S/C23H20F3N5O2S/c24-23(25,26)16-10-29-22(30-17-6-13-9-27-8-12(13)5-14(17)11-1-2-11)31-19(16)18-7-15-20(32)28-3-4-33-21(15)34-18/h5-7,10-11,27H,1-4,8-9H2,(H,28,32)(H,29,30,31). The van der Waals surface area contributed by atoms with Crippen LogP contribution in [0.15, 0.2) is 24.4 Å². The molecule has 1 aliphatic carbocycles. The normalized spacial score (nSPS) is 17.4. The lowest BCUT2D eigenvalue weighted by atomic mass is 10.0. The first kappa shape index (κ1) is 21.4. The van der Waals surface area contributed by atoms with Gasteiger partial charge in [0.1, 0.15) is 12.2 Å². The third-order valence-electron chi connectivity index (χ3n) is 6.16. The smallest absolute Gasteiger partial charge is 0.420 e. The van der Waals surface area contributed by atoms with E-state index in [0.717, 1.165) is 60.3 Å². The van der Waals surface area contributed by atoms with E-state index < -0.39 is 11.7 Å². The number of halogens is 3. The number of nitrogens with zero attached hydrogens (tertiary/aromatic N) is 2. The molecule has 3 aliphatic rings. The average Bonchev–Trinajstić information content (AvgIpc) is 3.44. The van der Waals surface area contributed by atoms with E-state index in [1.807, 2.05) is 6.07 Å². The summed E-state index contributed by atoms with van der Waals surface area (Å²) in [5, 5.41) is 9.45. The van der Waals surface area contributed by atoms with Crippen LogP contribution >= 0.6 is 11.3 Å². The molecule has 2 aliphatic heterocycles. The number of alkyl halides is 3. The van der Waals surface area contributed by atoms with Crippen molar-refractivity contribution < 1.29 is 22.7 Å². The number of thiophene rings is 1. The highest BCUT2D eigenvalue weighted by Crippen LogP contribution is 2.46. The van der Waals surface area contributed by atoms with Gasteiger partial charge in [0, 0.05) is 25.0 Å². The highest BCUT2D eigenvalue weighted by molar-refractivity contribution is 7.17. The summed E-state index contributed by atoms with van der Waals surface area (Å²) in [5.41, 5.74) is 3.33. The monoisotopic (exact) mass is 487 g/mol. The zero-order valence-corrected chi connectivity index (χ0v) is 18.7. The van der Waals surface area contributed by atoms with Crippen LogP contribution in [0.5, 0.6) is 5.06 Å². The molecule has 7 nitrogen and oxygen atoms in total. The molecule has 6 rings (SSSR count). The molecule has 3 aromatic rings. The number of nitrogens with one attached hydrogen (secondary N) is 3. The van der Waals surface area contributed by atoms with Gasteiger partial charge in [-0.1, -0.05) is 17.4 Å². The number of ether oxygens (including phenoxy) is 1. The minimum atomic E-state index is -4.66. The van der Waals surface area contributed by atoms with Crippen LogP contribution in [0.2, 0.25) is 0 Å². The maximum absolute atomic E-state index is 13.8. The molecule has 34 heavy (non-hydrogen) atoms. The SMILES string of the molecule is O=C1NCCOc2sc(-c3nc(Nc4cc5c(cc4C4CC4)CNC5)ncc3C(F)(F)F)cc21. The largest absolute Gasteiger partial charge is 0.481 e. The summed E-state index contributed by atoms with van der Waals surface area (Å²) in [6.45, 7) is 2.15. The van der Waals surface area contributed by atoms with Crippen molar-refractivity contribution in [3.8, 4) is 15.6 Å². The van der Waals surface area contributed by atoms with Crippen molar-refractivity contribution in [1.29, 1.82) is 0 Å². The summed E-state index contributed by atoms with van der Waals surface area (Å²) >= 11 is 0.976. The van der Waals surface area contributed by atoms with Crippen molar-refractivity contribution in [2.75, 3.05) is 18.5 Å². The number of amides is 1. The van der Waals surface area contributed by atoms with Crippen LogP contribution in [-0.4, -0.2) is 29.0 Å². The molecule has 2 aromatic heterocycles. The highest BCUT2D eigenvalue weighted by atomic mass is 32.1. The first-order valence-electron chi connectivity index (χ1n) is 11.0. The number of fused-ring (bicyclic) bond motifs is 2. The van der Waals surface area contributed by atoms with Crippen LogP contribution < -0.4 is 20.7 Å². The van der Waals surface area contributed by atoms with Crippen LogP contribution in [0.1, 0.15) is 51.4 Å². The molecule has 0 atom stereocenters. The topological polar surface area (TPSA) is 88.2 Å². The van der Waals surface area contributed by atoms with Crippen LogP contribution in [0.3, 0.4) is 0 Å². The van der Waals surface area contributed by atoms with Gasteiger partial charge in [-0.05, 0) is 47.6 Å². The average molecular weight is 488 g/mol. The van der Waals surface area contributed by atoms with Crippen LogP contribution in [0, 0.1) is 0 Å². The Labute approximate surface area is 196 Å². The molecule has 1 fully saturated rings. The molecular weight excluding hydrogens is 467 g/mol. The third kappa shape index (κ3) is 3.88. The van der Waals surface area contributed by atoms with Gasteiger partial charge in [-0.3, -0.25) is 4.79 Å². The Hall–Kier alpha value is -3.18. The summed E-state index contributed by atoms with van der Waals surface area (Å²) in [7, 11) is 0. The molecule has 0 saturated heterocycles. The molecule has 0 bridgehead atoms. The number of hydrogen-bond acceptors (Lipinski definition) is 7. The van der Waals surface area contributed by atoms with Gasteiger partial charge in [-0.25, -0.2) is 9.97 Å². The van der Waals surface area contributed by atoms with Gasteiger partial charge in [0.2, 0.25) is 5.95 Å². The van der Waals surface area contributed by atoms with Gasteiger partial charge in [0.15, 0.2) is 5.06 Å². The molecule has 1 aromatic carbocycles. The zero-order valence-electron chi connectivity index (χ0n) is 17.9. The first-order chi connectivity index (χ1) is 16.4. The minimum Gasteiger partial charge on any atom is -0.481 e. The fourth-order valence-corrected chi connectivity index (χ4v) is 5.36.